The summed E-state index contributed by atoms with van der Waals surface area (Å²) < 4.78 is 118. The van der Waals surface area contributed by atoms with Crippen LogP contribution in [-0.2, 0) is 0 Å². The fraction of sp³-hybridized carbons (Fsp3) is 0. The van der Waals surface area contributed by atoms with Gasteiger partial charge in [0.05, 0.1) is 27.6 Å². The summed E-state index contributed by atoms with van der Waals surface area (Å²) >= 11 is 0. The van der Waals surface area contributed by atoms with E-state index in [-0.39, 0.29) is 23.0 Å². The molecule has 0 saturated carbocycles. The van der Waals surface area contributed by atoms with Crippen LogP contribution in [0.1, 0.15) is 0 Å². The first-order chi connectivity index (χ1) is 66.7. The van der Waals surface area contributed by atoms with E-state index in [0.717, 1.165) is 178 Å². The zero-order valence-corrected chi connectivity index (χ0v) is 72.3. The largest absolute Gasteiger partial charge is 0.311 e. The summed E-state index contributed by atoms with van der Waals surface area (Å²) in [6.07, 6.45) is 3.68. The number of hydrogen-bond acceptors (Lipinski definition) is 6. The summed E-state index contributed by atoms with van der Waals surface area (Å²) in [4.78, 5) is 23.2. The van der Waals surface area contributed by atoms with Crippen molar-refractivity contribution in [3.63, 3.8) is 0 Å². The van der Waals surface area contributed by atoms with Crippen LogP contribution >= 0.6 is 0 Å². The summed E-state index contributed by atoms with van der Waals surface area (Å²) in [5.41, 5.74) is 24.9. The van der Waals surface area contributed by atoms with Gasteiger partial charge in [-0.05, 0) is 272 Å². The lowest BCUT2D eigenvalue weighted by Crippen LogP contribution is -2.10. The lowest BCUT2D eigenvalue weighted by atomic mass is 10.0. The molecule has 0 bridgehead atoms. The number of anilines is 6. The fourth-order valence-corrected chi connectivity index (χ4v) is 18.1. The second-order valence-electron chi connectivity index (χ2n) is 33.2. The van der Waals surface area contributed by atoms with Crippen LogP contribution in [0.25, 0.3) is 178 Å². The van der Waals surface area contributed by atoms with Gasteiger partial charge in [0, 0.05) is 102 Å². The van der Waals surface area contributed by atoms with E-state index in [1.165, 1.54) is 48.5 Å². The molecule has 0 aliphatic carbocycles. The summed E-state index contributed by atoms with van der Waals surface area (Å²) in [7, 11) is 0. The van der Waals surface area contributed by atoms with Gasteiger partial charge in [0.15, 0.2) is 40.7 Å². The average molecular weight is 1780 g/mol. The smallest absolute Gasteiger partial charge is 0.200 e. The molecule has 0 radical (unpaired) electrons. The molecule has 0 aliphatic heterocycles. The third kappa shape index (κ3) is 16.2. The van der Waals surface area contributed by atoms with Crippen LogP contribution in [0.5, 0.6) is 0 Å². The van der Waals surface area contributed by atoms with Crippen molar-refractivity contribution in [3.8, 4) is 123 Å². The van der Waals surface area contributed by atoms with E-state index in [9.17, 15) is 35.1 Å². The molecule has 23 rings (SSSR count). The molecule has 0 amide bonds. The Labute approximate surface area is 776 Å². The molecule has 0 spiro atoms. The van der Waals surface area contributed by atoms with Crippen molar-refractivity contribution in [2.24, 2.45) is 0 Å². The van der Waals surface area contributed by atoms with Crippen LogP contribution in [0.2, 0.25) is 0 Å². The normalized spacial score (nSPS) is 11.4. The number of nitrogens with zero attached hydrogens (tertiary/aromatic N) is 8. The number of aromatic nitrogens is 6. The maximum atomic E-state index is 14.8. The van der Waals surface area contributed by atoms with Gasteiger partial charge in [0.2, 0.25) is 5.82 Å². The Morgan fingerprint density at radius 2 is 0.456 bits per heavy atom. The van der Waals surface area contributed by atoms with Crippen molar-refractivity contribution in [1.82, 2.24) is 29.1 Å². The van der Waals surface area contributed by atoms with Gasteiger partial charge < -0.3 is 18.9 Å². The van der Waals surface area contributed by atoms with Gasteiger partial charge in [-0.25, -0.2) is 50.1 Å². The quantitative estimate of drug-likeness (QED) is 0.0484. The summed E-state index contributed by atoms with van der Waals surface area (Å²) in [6.45, 7) is 0. The van der Waals surface area contributed by atoms with Crippen LogP contribution in [0.4, 0.5) is 69.2 Å². The standard InChI is InChI=1S/C63H41F2N5.C57H33F6N3/c64-51-28-15-42(16-29-51)44-19-32-53(33-20-44)69(54-34-21-45(22-35-54)43-17-30-52(65)31-18-43)55-36-23-46(24-37-55)50-27-40-60-58(41-50)57-13-7-8-14-59(57)70(60)56-38-25-49(26-39-56)63-67-61(47-9-3-1-4-10-47)66-62(68-63)48-11-5-2-6-12-48;58-43-18-7-34(8-19-43)35-9-20-44(21-10-35)65(46-26-15-39(16-27-46)52-53(59)55(61)57(63)56(62)54(52)60)45-22-11-37(12-23-45)41-17-28-51-49(32-41)48-3-1-2-4-50(48)66(51)47-24-13-36(14-25-47)40-6-5-38-29-30-64-33-42(38)31-40/h1-41H;1-33H. The highest BCUT2D eigenvalue weighted by Gasteiger charge is 2.28. The van der Waals surface area contributed by atoms with Crippen molar-refractivity contribution in [2.45, 2.75) is 0 Å². The molecule has 8 nitrogen and oxygen atoms in total. The second kappa shape index (κ2) is 35.8. The Balaban J connectivity index is 0.000000158. The first-order valence-electron chi connectivity index (χ1n) is 44.2. The Morgan fingerprint density at radius 3 is 0.816 bits per heavy atom. The molecule has 0 N–H and O–H groups in total. The van der Waals surface area contributed by atoms with Crippen LogP contribution in [0.15, 0.2) is 449 Å². The molecular formula is C120H74F8N8. The SMILES string of the molecule is Fc1ccc(-c2ccc(N(c3ccc(-c4ccc(F)cc4)cc3)c3ccc(-c4ccc5c(c4)c4ccccc4n5-c4ccc(-c5nc(-c6ccccc6)nc(-c6ccccc6)n5)cc4)cc3)cc2)cc1.Fc1ccc(-c2ccc(N(c3ccc(-c4ccc5c(c4)c4ccccc4n5-c4ccc(-c5ccc6ccncc6c5)cc4)cc3)c3ccc(-c4c(F)c(F)c(F)c(F)c4F)cc3)cc2)cc1. The lowest BCUT2D eigenvalue weighted by molar-refractivity contribution is 0.381. The summed E-state index contributed by atoms with van der Waals surface area (Å²) in [5, 5.41) is 6.76. The fourth-order valence-electron chi connectivity index (χ4n) is 18.1. The van der Waals surface area contributed by atoms with E-state index < -0.39 is 34.6 Å². The molecule has 23 aromatic rings. The second-order valence-corrected chi connectivity index (χ2v) is 33.2. The number of hydrogen-bond donors (Lipinski definition) is 0. The van der Waals surface area contributed by atoms with Gasteiger partial charge in [-0.2, -0.15) is 0 Å². The predicted molar refractivity (Wildman–Crippen MR) is 534 cm³/mol. The Kier molecular flexibility index (Phi) is 22.1. The molecule has 136 heavy (non-hydrogen) atoms. The Morgan fingerprint density at radius 1 is 0.191 bits per heavy atom. The zero-order chi connectivity index (χ0) is 92.0. The van der Waals surface area contributed by atoms with E-state index in [1.54, 1.807) is 54.7 Å². The monoisotopic (exact) mass is 1780 g/mol. The lowest BCUT2D eigenvalue weighted by Gasteiger charge is -2.26. The van der Waals surface area contributed by atoms with Crippen molar-refractivity contribution < 1.29 is 35.1 Å². The minimum Gasteiger partial charge on any atom is -0.311 e. The van der Waals surface area contributed by atoms with Crippen molar-refractivity contribution in [3.05, 3.63) is 496 Å². The number of halogens is 8. The van der Waals surface area contributed by atoms with E-state index in [0.29, 0.717) is 23.2 Å². The minimum absolute atomic E-state index is 0.179. The molecule has 0 atom stereocenters. The maximum Gasteiger partial charge on any atom is 0.200 e. The van der Waals surface area contributed by atoms with Crippen molar-refractivity contribution >= 4 is 88.5 Å². The number of pyridine rings is 1. The Hall–Kier alpha value is -17.8. The highest BCUT2D eigenvalue weighted by Crippen LogP contribution is 2.45. The van der Waals surface area contributed by atoms with E-state index in [4.69, 9.17) is 15.0 Å². The average Bonchev–Trinajstić information content (AvgIpc) is 1.67. The third-order valence-corrected chi connectivity index (χ3v) is 25.0. The first-order valence-corrected chi connectivity index (χ1v) is 44.2. The summed E-state index contributed by atoms with van der Waals surface area (Å²) in [6, 6.07) is 141. The van der Waals surface area contributed by atoms with Gasteiger partial charge in [0.25, 0.3) is 0 Å². The van der Waals surface area contributed by atoms with Crippen molar-refractivity contribution in [1.29, 1.82) is 0 Å². The molecule has 0 unspecified atom stereocenters. The van der Waals surface area contributed by atoms with Gasteiger partial charge in [0.1, 0.15) is 17.5 Å². The zero-order valence-electron chi connectivity index (χ0n) is 72.3. The molecular weight excluding hydrogens is 1710 g/mol. The number of rotatable bonds is 18. The van der Waals surface area contributed by atoms with Gasteiger partial charge >= 0.3 is 0 Å². The molecule has 19 aromatic carbocycles. The molecule has 650 valence electrons. The molecule has 0 saturated heterocycles. The van der Waals surface area contributed by atoms with Crippen LogP contribution in [-0.4, -0.2) is 29.1 Å². The van der Waals surface area contributed by atoms with Crippen molar-refractivity contribution in [2.75, 3.05) is 9.80 Å². The first kappa shape index (κ1) is 83.8. The third-order valence-electron chi connectivity index (χ3n) is 25.0. The van der Waals surface area contributed by atoms with Crippen LogP contribution < -0.4 is 9.80 Å². The molecule has 0 aliphatic rings. The molecule has 0 fully saturated rings. The van der Waals surface area contributed by atoms with E-state index >= 15 is 0 Å². The summed E-state index contributed by atoms with van der Waals surface area (Å²) in [5.74, 6) is -9.06. The highest BCUT2D eigenvalue weighted by molar-refractivity contribution is 6.12. The Bertz CT molecular complexity index is 8230. The van der Waals surface area contributed by atoms with Crippen LogP contribution in [0, 0.1) is 46.5 Å². The number of fused-ring (bicyclic) bond motifs is 7. The number of para-hydroxylation sites is 2. The topological polar surface area (TPSA) is 67.9 Å². The molecule has 4 heterocycles. The van der Waals surface area contributed by atoms with Gasteiger partial charge in [-0.3, -0.25) is 4.98 Å². The van der Waals surface area contributed by atoms with Gasteiger partial charge in [-0.15, -0.1) is 0 Å². The number of benzene rings is 19. The van der Waals surface area contributed by atoms with Gasteiger partial charge in [-0.1, -0.05) is 243 Å². The molecule has 4 aromatic heterocycles. The minimum atomic E-state index is -2.21. The molecule has 16 heteroatoms. The van der Waals surface area contributed by atoms with Crippen LogP contribution in [0.3, 0.4) is 0 Å². The predicted octanol–water partition coefficient (Wildman–Crippen LogP) is 33.0. The van der Waals surface area contributed by atoms with E-state index in [1.807, 2.05) is 138 Å². The van der Waals surface area contributed by atoms with E-state index in [2.05, 4.69) is 231 Å². The maximum absolute atomic E-state index is 14.8. The highest BCUT2D eigenvalue weighted by atomic mass is 19.2.